The van der Waals surface area contributed by atoms with Gasteiger partial charge in [-0.15, -0.1) is 0 Å². The van der Waals surface area contributed by atoms with Crippen LogP contribution in [0.2, 0.25) is 0 Å². The maximum atomic E-state index is 11.2. The number of aldehydes is 1. The van der Waals surface area contributed by atoms with Gasteiger partial charge in [-0.3, -0.25) is 0 Å². The smallest absolute Gasteiger partial charge is 0.121 e. The molecule has 0 spiro atoms. The number of fused-ring (bicyclic) bond motifs is 5. The van der Waals surface area contributed by atoms with Crippen LogP contribution in [0.25, 0.3) is 0 Å². The Hall–Kier alpha value is -0.0200. The minimum Gasteiger partial charge on any atom is -0.378 e. The fourth-order valence-electron chi connectivity index (χ4n) is 6.25. The second-order valence-corrected chi connectivity index (χ2v) is 10.6. The molecular weight excluding hydrogens is 340 g/mol. The first-order valence-electron chi connectivity index (χ1n) is 11.5. The molecule has 7 unspecified atom stereocenters. The van der Waals surface area contributed by atoms with Gasteiger partial charge in [0.1, 0.15) is 6.29 Å². The van der Waals surface area contributed by atoms with Gasteiger partial charge in [0.25, 0.3) is 0 Å². The third kappa shape index (κ3) is 5.07. The number of carbonyl (C=O) groups excluding carboxylic acids is 1. The Balaban J connectivity index is 1.41. The van der Waals surface area contributed by atoms with E-state index in [1.807, 2.05) is 0 Å². The molecule has 3 saturated carbocycles. The Morgan fingerprint density at radius 1 is 0.962 bits per heavy atom. The van der Waals surface area contributed by atoms with Crippen LogP contribution in [0.5, 0.6) is 0 Å². The maximum Gasteiger partial charge on any atom is 0.121 e. The molecule has 2 nitrogen and oxygen atoms in total. The first-order valence-corrected chi connectivity index (χ1v) is 12.4. The van der Waals surface area contributed by atoms with Gasteiger partial charge in [-0.1, -0.05) is 45.4 Å². The molecule has 0 heterocycles. The lowest BCUT2D eigenvalue weighted by atomic mass is 9.80. The zero-order valence-electron chi connectivity index (χ0n) is 17.0. The molecular formula is C23H40O2S. The summed E-state index contributed by atoms with van der Waals surface area (Å²) in [7, 11) is 0. The fraction of sp³-hybridized carbons (Fsp3) is 0.957. The van der Waals surface area contributed by atoms with E-state index in [1.165, 1.54) is 76.9 Å². The summed E-state index contributed by atoms with van der Waals surface area (Å²) in [5.41, 5.74) is 0. The molecule has 3 aliphatic rings. The molecule has 2 bridgehead atoms. The number of carbonyl (C=O) groups is 1. The van der Waals surface area contributed by atoms with E-state index in [0.717, 1.165) is 41.9 Å². The van der Waals surface area contributed by atoms with Crippen molar-refractivity contribution in [3.8, 4) is 0 Å². The second-order valence-electron chi connectivity index (χ2n) is 9.03. The van der Waals surface area contributed by atoms with E-state index in [1.54, 1.807) is 0 Å². The van der Waals surface area contributed by atoms with Crippen molar-refractivity contribution < 1.29 is 9.53 Å². The first kappa shape index (κ1) is 20.7. The van der Waals surface area contributed by atoms with E-state index < -0.39 is 0 Å². The number of unbranched alkanes of at least 4 members (excludes halogenated alkanes) is 5. The number of thioether (sulfide) groups is 1. The molecule has 0 saturated heterocycles. The normalized spacial score (nSPS) is 36.4. The van der Waals surface area contributed by atoms with Crippen LogP contribution in [-0.4, -0.2) is 29.5 Å². The van der Waals surface area contributed by atoms with E-state index in [4.69, 9.17) is 4.74 Å². The maximum absolute atomic E-state index is 11.2. The van der Waals surface area contributed by atoms with E-state index in [0.29, 0.717) is 11.4 Å². The number of ether oxygens (including phenoxy) is 1. The van der Waals surface area contributed by atoms with Crippen LogP contribution in [0, 0.1) is 23.7 Å². The highest BCUT2D eigenvalue weighted by atomic mass is 32.2. The van der Waals surface area contributed by atoms with Crippen LogP contribution >= 0.6 is 11.8 Å². The standard InChI is InChI=1S/C23H40O2S/c1-3-5-6-7-8-9-10-18(11-12-24)26-19-15-20-17-13-22(21(20)16-19)23(14-17)25-4-2/h12,17-23H,3-11,13-16H2,1-2H3. The summed E-state index contributed by atoms with van der Waals surface area (Å²) >= 11 is 2.18. The molecule has 3 aliphatic carbocycles. The van der Waals surface area contributed by atoms with Crippen LogP contribution in [0.4, 0.5) is 0 Å². The van der Waals surface area contributed by atoms with Crippen LogP contribution in [-0.2, 0) is 9.53 Å². The van der Waals surface area contributed by atoms with E-state index in [2.05, 4.69) is 25.6 Å². The SMILES string of the molecule is CCCCCCCCC(CC=O)SC1CC2C3CC(OCC)C(C3)C2C1. The van der Waals surface area contributed by atoms with Gasteiger partial charge >= 0.3 is 0 Å². The van der Waals surface area contributed by atoms with E-state index in [-0.39, 0.29) is 0 Å². The van der Waals surface area contributed by atoms with E-state index >= 15 is 0 Å². The van der Waals surface area contributed by atoms with Gasteiger partial charge in [-0.25, -0.2) is 0 Å². The topological polar surface area (TPSA) is 26.3 Å². The highest BCUT2D eigenvalue weighted by Crippen LogP contribution is 2.61. The van der Waals surface area contributed by atoms with Gasteiger partial charge in [0.15, 0.2) is 0 Å². The summed E-state index contributed by atoms with van der Waals surface area (Å²) in [6.45, 7) is 5.29. The van der Waals surface area contributed by atoms with Gasteiger partial charge in [0.05, 0.1) is 6.10 Å². The van der Waals surface area contributed by atoms with Crippen molar-refractivity contribution in [2.24, 2.45) is 23.7 Å². The van der Waals surface area contributed by atoms with Crippen LogP contribution < -0.4 is 0 Å². The summed E-state index contributed by atoms with van der Waals surface area (Å²) < 4.78 is 6.04. The molecule has 3 fully saturated rings. The molecule has 3 heteroatoms. The quantitative estimate of drug-likeness (QED) is 0.278. The minimum atomic E-state index is 0.559. The Kier molecular flexibility index (Phi) is 8.37. The fourth-order valence-corrected chi connectivity index (χ4v) is 7.95. The Bertz CT molecular complexity index is 426. The molecule has 0 N–H and O–H groups in total. The molecule has 0 aromatic heterocycles. The largest absolute Gasteiger partial charge is 0.378 e. The van der Waals surface area contributed by atoms with Gasteiger partial charge in [-0.2, -0.15) is 11.8 Å². The molecule has 0 aromatic rings. The lowest BCUT2D eigenvalue weighted by Crippen LogP contribution is -2.30. The third-order valence-electron chi connectivity index (χ3n) is 7.37. The zero-order valence-corrected chi connectivity index (χ0v) is 17.9. The van der Waals surface area contributed by atoms with Crippen molar-refractivity contribution in [3.05, 3.63) is 0 Å². The summed E-state index contributed by atoms with van der Waals surface area (Å²) in [5, 5.41) is 1.38. The molecule has 3 rings (SSSR count). The van der Waals surface area contributed by atoms with Gasteiger partial charge < -0.3 is 9.53 Å². The summed E-state index contributed by atoms with van der Waals surface area (Å²) in [4.78, 5) is 11.2. The number of hydrogen-bond donors (Lipinski definition) is 0. The Labute approximate surface area is 165 Å². The lowest BCUT2D eigenvalue weighted by molar-refractivity contribution is -0.107. The molecule has 0 aromatic carbocycles. The van der Waals surface area contributed by atoms with Crippen LogP contribution in [0.1, 0.15) is 90.9 Å². The predicted molar refractivity (Wildman–Crippen MR) is 112 cm³/mol. The molecule has 26 heavy (non-hydrogen) atoms. The summed E-state index contributed by atoms with van der Waals surface area (Å²) in [5.74, 6) is 3.68. The monoisotopic (exact) mass is 380 g/mol. The van der Waals surface area contributed by atoms with Gasteiger partial charge in [-0.05, 0) is 62.7 Å². The van der Waals surface area contributed by atoms with Crippen molar-refractivity contribution in [2.75, 3.05) is 6.61 Å². The third-order valence-corrected chi connectivity index (χ3v) is 8.95. The van der Waals surface area contributed by atoms with Crippen molar-refractivity contribution in [1.29, 1.82) is 0 Å². The van der Waals surface area contributed by atoms with Crippen LogP contribution in [0.3, 0.4) is 0 Å². The minimum absolute atomic E-state index is 0.559. The summed E-state index contributed by atoms with van der Waals surface area (Å²) in [6, 6.07) is 0. The lowest BCUT2D eigenvalue weighted by Gasteiger charge is -2.31. The Morgan fingerprint density at radius 2 is 1.73 bits per heavy atom. The highest BCUT2D eigenvalue weighted by Gasteiger charge is 2.56. The Morgan fingerprint density at radius 3 is 2.50 bits per heavy atom. The van der Waals surface area contributed by atoms with Crippen molar-refractivity contribution in [3.63, 3.8) is 0 Å². The molecule has 7 atom stereocenters. The van der Waals surface area contributed by atoms with Crippen molar-refractivity contribution >= 4 is 18.0 Å². The van der Waals surface area contributed by atoms with Crippen molar-refractivity contribution in [2.45, 2.75) is 108 Å². The molecule has 0 aliphatic heterocycles. The molecule has 0 amide bonds. The molecule has 150 valence electrons. The highest BCUT2D eigenvalue weighted by molar-refractivity contribution is 8.00. The molecule has 0 radical (unpaired) electrons. The van der Waals surface area contributed by atoms with Gasteiger partial charge in [0.2, 0.25) is 0 Å². The average molecular weight is 381 g/mol. The zero-order chi connectivity index (χ0) is 18.4. The summed E-state index contributed by atoms with van der Waals surface area (Å²) in [6.07, 6.45) is 17.4. The van der Waals surface area contributed by atoms with Crippen molar-refractivity contribution in [1.82, 2.24) is 0 Å². The van der Waals surface area contributed by atoms with Crippen LogP contribution in [0.15, 0.2) is 0 Å². The number of rotatable bonds is 13. The predicted octanol–water partition coefficient (Wildman–Crippen LogP) is 6.27. The average Bonchev–Trinajstić information content (AvgIpc) is 3.30. The second kappa shape index (κ2) is 10.5. The van der Waals surface area contributed by atoms with E-state index in [9.17, 15) is 4.79 Å². The first-order chi connectivity index (χ1) is 12.8. The number of hydrogen-bond acceptors (Lipinski definition) is 3. The van der Waals surface area contributed by atoms with Gasteiger partial charge in [0, 0.05) is 23.5 Å².